The van der Waals surface area contributed by atoms with Crippen molar-refractivity contribution in [2.45, 2.75) is 110 Å². The van der Waals surface area contributed by atoms with Gasteiger partial charge in [-0.3, -0.25) is 14.2 Å². The molecule has 0 rings (SSSR count). The first-order chi connectivity index (χ1) is 25.0. The van der Waals surface area contributed by atoms with Crippen molar-refractivity contribution in [1.82, 2.24) is 0 Å². The van der Waals surface area contributed by atoms with E-state index in [0.29, 0.717) is 30.3 Å². The second-order valence-corrected chi connectivity index (χ2v) is 14.8. The van der Waals surface area contributed by atoms with E-state index in [2.05, 4.69) is 50.3 Å². The Hall–Kier alpha value is -3.07. The Balaban J connectivity index is 4.59. The van der Waals surface area contributed by atoms with Crippen LogP contribution < -0.4 is 4.89 Å². The number of quaternary nitrogens is 1. The molecule has 52 heavy (non-hydrogen) atoms. The smallest absolute Gasteiger partial charge is 0.306 e. The van der Waals surface area contributed by atoms with Crippen molar-refractivity contribution in [3.8, 4) is 0 Å². The number of allylic oxidation sites excluding steroid dienone is 16. The lowest BCUT2D eigenvalue weighted by Gasteiger charge is -2.28. The van der Waals surface area contributed by atoms with Gasteiger partial charge in [0.05, 0.1) is 27.7 Å². The van der Waals surface area contributed by atoms with Crippen molar-refractivity contribution in [3.05, 3.63) is 97.2 Å². The second kappa shape index (κ2) is 33.7. The van der Waals surface area contributed by atoms with Gasteiger partial charge in [-0.1, -0.05) is 143 Å². The Labute approximate surface area is 315 Å². The number of carbonyl (C=O) groups is 2. The summed E-state index contributed by atoms with van der Waals surface area (Å²) in [5.41, 5.74) is 0. The zero-order valence-corrected chi connectivity index (χ0v) is 33.6. The molecule has 0 fully saturated rings. The minimum Gasteiger partial charge on any atom is -0.756 e. The average Bonchev–Trinajstić information content (AvgIpc) is 3.09. The van der Waals surface area contributed by atoms with Crippen molar-refractivity contribution < 1.29 is 42.1 Å². The number of carbonyl (C=O) groups excluding carboxylic acids is 2. The highest BCUT2D eigenvalue weighted by atomic mass is 31.2. The van der Waals surface area contributed by atoms with Crippen molar-refractivity contribution in [2.24, 2.45) is 0 Å². The Kier molecular flexibility index (Phi) is 31.8. The third-order valence-corrected chi connectivity index (χ3v) is 8.25. The van der Waals surface area contributed by atoms with Gasteiger partial charge in [0, 0.05) is 12.8 Å². The Bertz CT molecular complexity index is 1210. The van der Waals surface area contributed by atoms with Gasteiger partial charge in [0.25, 0.3) is 7.82 Å². The number of rotatable bonds is 32. The molecule has 0 heterocycles. The lowest BCUT2D eigenvalue weighted by atomic mass is 10.1. The molecule has 0 aromatic carbocycles. The van der Waals surface area contributed by atoms with E-state index in [9.17, 15) is 19.0 Å². The fraction of sp³-hybridized carbons (Fsp3) is 0.571. The third kappa shape index (κ3) is 36.7. The first-order valence-electron chi connectivity index (χ1n) is 19.0. The van der Waals surface area contributed by atoms with Crippen LogP contribution in [0.1, 0.15) is 104 Å². The van der Waals surface area contributed by atoms with E-state index in [1.54, 1.807) is 0 Å². The number of esters is 2. The summed E-state index contributed by atoms with van der Waals surface area (Å²) in [6, 6.07) is 0. The summed E-state index contributed by atoms with van der Waals surface area (Å²) in [4.78, 5) is 37.3. The molecule has 2 unspecified atom stereocenters. The fourth-order valence-electron chi connectivity index (χ4n) is 4.33. The van der Waals surface area contributed by atoms with Crippen molar-refractivity contribution in [2.75, 3.05) is 47.5 Å². The lowest BCUT2D eigenvalue weighted by molar-refractivity contribution is -0.870. The maximum Gasteiger partial charge on any atom is 0.306 e. The number of ether oxygens (including phenoxy) is 2. The summed E-state index contributed by atoms with van der Waals surface area (Å²) in [5.74, 6) is -0.950. The third-order valence-electron chi connectivity index (χ3n) is 7.29. The van der Waals surface area contributed by atoms with Crippen LogP contribution in [0.2, 0.25) is 0 Å². The topological polar surface area (TPSA) is 111 Å². The highest BCUT2D eigenvalue weighted by Crippen LogP contribution is 2.38. The van der Waals surface area contributed by atoms with Crippen LogP contribution in [0.3, 0.4) is 0 Å². The van der Waals surface area contributed by atoms with Crippen molar-refractivity contribution in [3.63, 3.8) is 0 Å². The first-order valence-corrected chi connectivity index (χ1v) is 20.5. The molecule has 0 saturated carbocycles. The quantitative estimate of drug-likeness (QED) is 0.0220. The Morgan fingerprint density at radius 2 is 1.06 bits per heavy atom. The van der Waals surface area contributed by atoms with Gasteiger partial charge < -0.3 is 27.9 Å². The molecule has 10 heteroatoms. The Morgan fingerprint density at radius 1 is 0.596 bits per heavy atom. The zero-order chi connectivity index (χ0) is 38.6. The van der Waals surface area contributed by atoms with Crippen LogP contribution in [-0.2, 0) is 32.7 Å². The standard InChI is InChI=1S/C42H68NO8P/c1-6-8-10-12-14-16-18-20-21-23-24-26-28-30-32-34-41(44)48-38-40(39-50-52(46,47)49-37-36-43(3,4)5)51-42(45)35-33-31-29-27-25-22-19-17-15-13-11-9-7-2/h8-19,22,25,27,29,40H,6-7,20-21,23-24,26,28,30-39H2,1-5H3/b10-8+,11-9+,14-12+,15-13+,18-16+,19-17+,25-22+,29-27+. The van der Waals surface area contributed by atoms with E-state index in [-0.39, 0.29) is 26.1 Å². The molecule has 0 aliphatic carbocycles. The van der Waals surface area contributed by atoms with Crippen LogP contribution in [0.15, 0.2) is 97.2 Å². The molecule has 0 aromatic heterocycles. The number of likely N-dealkylation sites (N-methyl/N-ethyl adjacent to an activating group) is 1. The molecule has 9 nitrogen and oxygen atoms in total. The second-order valence-electron chi connectivity index (χ2n) is 13.4. The summed E-state index contributed by atoms with van der Waals surface area (Å²) in [6.07, 6.45) is 43.1. The van der Waals surface area contributed by atoms with E-state index in [4.69, 9.17) is 18.5 Å². The molecular formula is C42H68NO8P. The minimum atomic E-state index is -4.65. The van der Waals surface area contributed by atoms with Gasteiger partial charge in [-0.05, 0) is 44.9 Å². The predicted molar refractivity (Wildman–Crippen MR) is 212 cm³/mol. The normalized spacial score (nSPS) is 14.8. The zero-order valence-electron chi connectivity index (χ0n) is 32.7. The van der Waals surface area contributed by atoms with Gasteiger partial charge in [-0.15, -0.1) is 0 Å². The van der Waals surface area contributed by atoms with Gasteiger partial charge in [0.15, 0.2) is 6.10 Å². The van der Waals surface area contributed by atoms with Gasteiger partial charge in [-0.2, -0.15) is 0 Å². The SMILES string of the molecule is CC/C=C/C=C/C=C/C=C/C=C/CCCC(=O)OC(COC(=O)CCCCCCCCC/C=C/C=C/C=C/CC)COP(=O)([O-])OCC[N+](C)(C)C. The van der Waals surface area contributed by atoms with E-state index in [1.165, 1.54) is 19.3 Å². The highest BCUT2D eigenvalue weighted by Gasteiger charge is 2.21. The number of phosphoric ester groups is 1. The first kappa shape index (κ1) is 48.9. The average molecular weight is 746 g/mol. The maximum atomic E-state index is 12.6. The number of hydrogen-bond acceptors (Lipinski definition) is 8. The van der Waals surface area contributed by atoms with Crippen molar-refractivity contribution >= 4 is 19.8 Å². The van der Waals surface area contributed by atoms with E-state index < -0.39 is 32.5 Å². The summed E-state index contributed by atoms with van der Waals surface area (Å²) < 4.78 is 33.6. The van der Waals surface area contributed by atoms with E-state index >= 15 is 0 Å². The highest BCUT2D eigenvalue weighted by molar-refractivity contribution is 7.45. The largest absolute Gasteiger partial charge is 0.756 e. The Morgan fingerprint density at radius 3 is 1.60 bits per heavy atom. The van der Waals surface area contributed by atoms with Crippen LogP contribution >= 0.6 is 7.82 Å². The van der Waals surface area contributed by atoms with Crippen LogP contribution in [0.25, 0.3) is 0 Å². The number of unbranched alkanes of at least 4 members (excludes halogenated alkanes) is 8. The van der Waals surface area contributed by atoms with Crippen LogP contribution in [-0.4, -0.2) is 70.0 Å². The molecule has 0 saturated heterocycles. The molecular weight excluding hydrogens is 677 g/mol. The molecule has 0 bridgehead atoms. The lowest BCUT2D eigenvalue weighted by Crippen LogP contribution is -2.37. The molecule has 0 spiro atoms. The van der Waals surface area contributed by atoms with Crippen LogP contribution in [0.5, 0.6) is 0 Å². The van der Waals surface area contributed by atoms with Crippen molar-refractivity contribution in [1.29, 1.82) is 0 Å². The molecule has 2 atom stereocenters. The number of phosphoric acid groups is 1. The van der Waals surface area contributed by atoms with E-state index in [0.717, 1.165) is 38.5 Å². The molecule has 0 aliphatic heterocycles. The predicted octanol–water partition coefficient (Wildman–Crippen LogP) is 9.60. The summed E-state index contributed by atoms with van der Waals surface area (Å²) in [5, 5.41) is 0. The molecule has 0 amide bonds. The summed E-state index contributed by atoms with van der Waals surface area (Å²) in [7, 11) is 1.09. The van der Waals surface area contributed by atoms with Crippen LogP contribution in [0, 0.1) is 0 Å². The van der Waals surface area contributed by atoms with E-state index in [1.807, 2.05) is 81.9 Å². The number of nitrogens with zero attached hydrogens (tertiary/aromatic N) is 1. The van der Waals surface area contributed by atoms with Gasteiger partial charge >= 0.3 is 11.9 Å². The number of hydrogen-bond donors (Lipinski definition) is 0. The minimum absolute atomic E-state index is 0.0526. The summed E-state index contributed by atoms with van der Waals surface area (Å²) in [6.45, 7) is 3.80. The van der Waals surface area contributed by atoms with Crippen LogP contribution in [0.4, 0.5) is 0 Å². The molecule has 0 N–H and O–H groups in total. The molecule has 0 radical (unpaired) electrons. The monoisotopic (exact) mass is 745 g/mol. The molecule has 0 aliphatic rings. The summed E-state index contributed by atoms with van der Waals surface area (Å²) >= 11 is 0. The molecule has 0 aromatic rings. The van der Waals surface area contributed by atoms with Gasteiger partial charge in [-0.25, -0.2) is 0 Å². The van der Waals surface area contributed by atoms with Gasteiger partial charge in [0.2, 0.25) is 0 Å². The fourth-order valence-corrected chi connectivity index (χ4v) is 5.06. The molecule has 294 valence electrons. The van der Waals surface area contributed by atoms with Gasteiger partial charge in [0.1, 0.15) is 19.8 Å². The maximum absolute atomic E-state index is 12.6.